The predicted octanol–water partition coefficient (Wildman–Crippen LogP) is 1.65. The van der Waals surface area contributed by atoms with Gasteiger partial charge in [0.1, 0.15) is 17.2 Å². The van der Waals surface area contributed by atoms with Gasteiger partial charge in [-0.1, -0.05) is 12.1 Å². The molecule has 1 aliphatic heterocycles. The summed E-state index contributed by atoms with van der Waals surface area (Å²) in [6.07, 6.45) is 5.37. The van der Waals surface area contributed by atoms with E-state index in [9.17, 15) is 14.3 Å². The summed E-state index contributed by atoms with van der Waals surface area (Å²) in [5.74, 6) is 0.0710. The number of aromatic nitrogens is 2. The van der Waals surface area contributed by atoms with Crippen LogP contribution >= 0.6 is 0 Å². The molecule has 1 aromatic carbocycles. The minimum atomic E-state index is -1.04. The maximum Gasteiger partial charge on any atom is 0.230 e. The van der Waals surface area contributed by atoms with Crippen molar-refractivity contribution in [3.63, 3.8) is 0 Å². The molecule has 1 fully saturated rings. The lowest BCUT2D eigenvalue weighted by atomic mass is 9.83. The third kappa shape index (κ3) is 3.83. The summed E-state index contributed by atoms with van der Waals surface area (Å²) in [6, 6.07) is 6.02. The van der Waals surface area contributed by atoms with Crippen LogP contribution in [0.3, 0.4) is 0 Å². The van der Waals surface area contributed by atoms with Gasteiger partial charge in [-0.25, -0.2) is 9.37 Å². The Morgan fingerprint density at radius 3 is 2.92 bits per heavy atom. The van der Waals surface area contributed by atoms with Crippen molar-refractivity contribution in [1.29, 1.82) is 0 Å². The molecule has 3 rings (SSSR count). The van der Waals surface area contributed by atoms with Crippen LogP contribution in [0.5, 0.6) is 0 Å². The van der Waals surface area contributed by atoms with Crippen LogP contribution < -0.4 is 10.2 Å². The number of carbonyl (C=O) groups excluding carboxylic acids is 1. The number of hydrogen-bond donors (Lipinski definition) is 2. The largest absolute Gasteiger partial charge is 0.386 e. The fourth-order valence-electron chi connectivity index (χ4n) is 3.12. The molecule has 0 bridgehead atoms. The molecule has 0 saturated carbocycles. The number of nitrogens with zero attached hydrogens (tertiary/aromatic N) is 3. The van der Waals surface area contributed by atoms with Crippen LogP contribution in [0, 0.1) is 5.82 Å². The van der Waals surface area contributed by atoms with Crippen LogP contribution in [-0.4, -0.2) is 46.2 Å². The Balaban J connectivity index is 1.62. The van der Waals surface area contributed by atoms with E-state index in [0.29, 0.717) is 30.9 Å². The average molecular weight is 358 g/mol. The van der Waals surface area contributed by atoms with Gasteiger partial charge in [-0.05, 0) is 38.0 Å². The number of rotatable bonds is 5. The Morgan fingerprint density at radius 2 is 2.23 bits per heavy atom. The fraction of sp³-hybridized carbons (Fsp3) is 0.421. The number of halogens is 1. The van der Waals surface area contributed by atoms with Gasteiger partial charge >= 0.3 is 0 Å². The zero-order chi connectivity index (χ0) is 18.8. The van der Waals surface area contributed by atoms with Gasteiger partial charge in [0, 0.05) is 32.0 Å². The second-order valence-corrected chi connectivity index (χ2v) is 7.28. The van der Waals surface area contributed by atoms with Gasteiger partial charge in [0.25, 0.3) is 0 Å². The smallest absolute Gasteiger partial charge is 0.230 e. The first-order chi connectivity index (χ1) is 12.3. The predicted molar refractivity (Wildman–Crippen MR) is 96.2 cm³/mol. The van der Waals surface area contributed by atoms with E-state index in [2.05, 4.69) is 15.3 Å². The van der Waals surface area contributed by atoms with Gasteiger partial charge in [-0.2, -0.15) is 0 Å². The molecule has 0 unspecified atom stereocenters. The third-order valence-electron chi connectivity index (χ3n) is 4.90. The molecule has 26 heavy (non-hydrogen) atoms. The number of nitrogens with one attached hydrogen (secondary N) is 1. The van der Waals surface area contributed by atoms with Crippen LogP contribution in [-0.2, 0) is 10.2 Å². The molecule has 1 saturated heterocycles. The first kappa shape index (κ1) is 18.3. The van der Waals surface area contributed by atoms with Crippen molar-refractivity contribution < 1.29 is 14.3 Å². The lowest BCUT2D eigenvalue weighted by Gasteiger charge is -2.28. The summed E-state index contributed by atoms with van der Waals surface area (Å²) < 4.78 is 13.5. The van der Waals surface area contributed by atoms with Gasteiger partial charge in [-0.3, -0.25) is 9.78 Å². The van der Waals surface area contributed by atoms with Crippen molar-refractivity contribution in [3.05, 3.63) is 54.2 Å². The molecular weight excluding hydrogens is 335 g/mol. The van der Waals surface area contributed by atoms with Gasteiger partial charge in [0.15, 0.2) is 0 Å². The van der Waals surface area contributed by atoms with E-state index >= 15 is 0 Å². The Bertz CT molecular complexity index is 784. The highest BCUT2D eigenvalue weighted by atomic mass is 19.1. The lowest BCUT2D eigenvalue weighted by molar-refractivity contribution is -0.126. The minimum Gasteiger partial charge on any atom is -0.386 e. The summed E-state index contributed by atoms with van der Waals surface area (Å²) >= 11 is 0. The monoisotopic (exact) mass is 358 g/mol. The third-order valence-corrected chi connectivity index (χ3v) is 4.90. The molecule has 7 heteroatoms. The first-order valence-electron chi connectivity index (χ1n) is 8.58. The average Bonchev–Trinajstić information content (AvgIpc) is 3.03. The maximum atomic E-state index is 13.5. The Labute approximate surface area is 152 Å². The number of benzene rings is 1. The second kappa shape index (κ2) is 6.99. The Morgan fingerprint density at radius 1 is 1.42 bits per heavy atom. The lowest BCUT2D eigenvalue weighted by Crippen LogP contribution is -2.49. The van der Waals surface area contributed by atoms with Crippen molar-refractivity contribution >= 4 is 11.7 Å². The minimum absolute atomic E-state index is 0.126. The summed E-state index contributed by atoms with van der Waals surface area (Å²) in [4.78, 5) is 22.9. The molecule has 6 nitrogen and oxygen atoms in total. The van der Waals surface area contributed by atoms with Crippen LogP contribution in [0.25, 0.3) is 0 Å². The number of β-amino-alcohol motifs (C(OH)–C–C–N with tert-alkyl or cyclic N) is 1. The summed E-state index contributed by atoms with van der Waals surface area (Å²) in [5.41, 5.74) is -1.35. The summed E-state index contributed by atoms with van der Waals surface area (Å²) in [7, 11) is 0. The van der Waals surface area contributed by atoms with Gasteiger partial charge in [0.2, 0.25) is 5.91 Å². The van der Waals surface area contributed by atoms with E-state index in [1.165, 1.54) is 12.1 Å². The molecular formula is C19H23FN4O2. The molecule has 2 heterocycles. The van der Waals surface area contributed by atoms with E-state index < -0.39 is 11.0 Å². The highest BCUT2D eigenvalue weighted by Crippen LogP contribution is 2.27. The number of amides is 1. The van der Waals surface area contributed by atoms with E-state index in [0.717, 1.165) is 0 Å². The molecule has 1 atom stereocenters. The molecule has 0 aliphatic carbocycles. The van der Waals surface area contributed by atoms with Gasteiger partial charge < -0.3 is 15.3 Å². The second-order valence-electron chi connectivity index (χ2n) is 7.28. The topological polar surface area (TPSA) is 78.4 Å². The molecule has 2 aromatic rings. The standard InChI is InChI=1S/C19H23FN4O2/c1-18(2,14-4-3-5-15(20)10-14)17(25)23-12-19(26)6-9-24(13-19)16-11-21-7-8-22-16/h3-5,7-8,10-11,26H,6,9,12-13H2,1-2H3,(H,23,25)/t19-/m0/s1. The van der Waals surface area contributed by atoms with Crippen molar-refractivity contribution in [1.82, 2.24) is 15.3 Å². The van der Waals surface area contributed by atoms with Crippen LogP contribution in [0.1, 0.15) is 25.8 Å². The molecule has 0 spiro atoms. The number of carbonyl (C=O) groups is 1. The van der Waals surface area contributed by atoms with Crippen molar-refractivity contribution in [2.24, 2.45) is 0 Å². The molecule has 1 aliphatic rings. The quantitative estimate of drug-likeness (QED) is 0.850. The Hall–Kier alpha value is -2.54. The molecule has 2 N–H and O–H groups in total. The zero-order valence-electron chi connectivity index (χ0n) is 14.9. The Kier molecular flexibility index (Phi) is 4.91. The number of anilines is 1. The maximum absolute atomic E-state index is 13.5. The van der Waals surface area contributed by atoms with Crippen LogP contribution in [0.4, 0.5) is 10.2 Å². The molecule has 1 amide bonds. The van der Waals surface area contributed by atoms with E-state index in [1.54, 1.807) is 44.6 Å². The van der Waals surface area contributed by atoms with Crippen LogP contribution in [0.15, 0.2) is 42.9 Å². The summed E-state index contributed by atoms with van der Waals surface area (Å²) in [5, 5.41) is 13.6. The van der Waals surface area contributed by atoms with Gasteiger partial charge in [0.05, 0.1) is 11.6 Å². The molecule has 0 radical (unpaired) electrons. The van der Waals surface area contributed by atoms with Crippen LogP contribution in [0.2, 0.25) is 0 Å². The van der Waals surface area contributed by atoms with Gasteiger partial charge in [-0.15, -0.1) is 0 Å². The highest BCUT2D eigenvalue weighted by Gasteiger charge is 2.38. The fourth-order valence-corrected chi connectivity index (χ4v) is 3.12. The van der Waals surface area contributed by atoms with Crippen molar-refractivity contribution in [3.8, 4) is 0 Å². The highest BCUT2D eigenvalue weighted by molar-refractivity contribution is 5.87. The van der Waals surface area contributed by atoms with E-state index in [1.807, 2.05) is 4.90 Å². The zero-order valence-corrected chi connectivity index (χ0v) is 14.9. The van der Waals surface area contributed by atoms with E-state index in [-0.39, 0.29) is 18.3 Å². The van der Waals surface area contributed by atoms with Crippen molar-refractivity contribution in [2.75, 3.05) is 24.5 Å². The molecule has 1 aromatic heterocycles. The molecule has 138 valence electrons. The van der Waals surface area contributed by atoms with Crippen molar-refractivity contribution in [2.45, 2.75) is 31.3 Å². The summed E-state index contributed by atoms with van der Waals surface area (Å²) in [6.45, 7) is 4.61. The first-order valence-corrected chi connectivity index (χ1v) is 8.58. The SMILES string of the molecule is CC(C)(C(=O)NC[C@@]1(O)CCN(c2cnccn2)C1)c1cccc(F)c1. The normalized spacial score (nSPS) is 20.2. The number of hydrogen-bond acceptors (Lipinski definition) is 5. The number of aliphatic hydroxyl groups is 1. The van der Waals surface area contributed by atoms with E-state index in [4.69, 9.17) is 0 Å².